The summed E-state index contributed by atoms with van der Waals surface area (Å²) in [6.07, 6.45) is 6.00. The summed E-state index contributed by atoms with van der Waals surface area (Å²) in [7, 11) is 0. The summed E-state index contributed by atoms with van der Waals surface area (Å²) in [5.41, 5.74) is 1.12. The van der Waals surface area contributed by atoms with E-state index in [0.29, 0.717) is 11.7 Å². The molecule has 1 aromatic heterocycles. The van der Waals surface area contributed by atoms with E-state index in [1.165, 1.54) is 19.3 Å². The van der Waals surface area contributed by atoms with E-state index in [2.05, 4.69) is 16.9 Å². The minimum absolute atomic E-state index is 0.0928. The van der Waals surface area contributed by atoms with Gasteiger partial charge in [-0.05, 0) is 32.8 Å². The van der Waals surface area contributed by atoms with Crippen molar-refractivity contribution in [2.24, 2.45) is 0 Å². The average molecular weight is 247 g/mol. The maximum absolute atomic E-state index is 8.83. The molecule has 1 aromatic rings. The molecule has 0 aliphatic carbocycles. The minimum Gasteiger partial charge on any atom is -0.460 e. The molecule has 18 heavy (non-hydrogen) atoms. The smallest absolute Gasteiger partial charge is 0.318 e. The molecular formula is C14H21N3O. The second-order valence-corrected chi connectivity index (χ2v) is 4.57. The van der Waals surface area contributed by atoms with E-state index in [0.717, 1.165) is 18.5 Å². The van der Waals surface area contributed by atoms with Crippen LogP contribution in [0, 0.1) is 18.3 Å². The van der Waals surface area contributed by atoms with E-state index in [1.54, 1.807) is 6.07 Å². The van der Waals surface area contributed by atoms with Crippen molar-refractivity contribution in [2.75, 3.05) is 0 Å². The molecule has 4 nitrogen and oxygen atoms in total. The first kappa shape index (κ1) is 14.4. The van der Waals surface area contributed by atoms with Gasteiger partial charge in [-0.1, -0.05) is 26.2 Å². The lowest BCUT2D eigenvalue weighted by molar-refractivity contribution is 0.189. The van der Waals surface area contributed by atoms with E-state index in [4.69, 9.17) is 10.00 Å². The molecule has 0 aliphatic heterocycles. The maximum atomic E-state index is 8.83. The molecule has 0 aromatic carbocycles. The molecule has 1 rings (SSSR count). The fourth-order valence-electron chi connectivity index (χ4n) is 1.75. The Kier molecular flexibility index (Phi) is 6.13. The summed E-state index contributed by atoms with van der Waals surface area (Å²) in [5, 5.41) is 8.83. The van der Waals surface area contributed by atoms with Crippen LogP contribution < -0.4 is 4.74 Å². The number of hydrogen-bond donors (Lipinski definition) is 0. The van der Waals surface area contributed by atoms with Crippen LogP contribution >= 0.6 is 0 Å². The second-order valence-electron chi connectivity index (χ2n) is 4.57. The van der Waals surface area contributed by atoms with Crippen LogP contribution in [0.15, 0.2) is 6.07 Å². The highest BCUT2D eigenvalue weighted by atomic mass is 16.5. The molecule has 1 heterocycles. The van der Waals surface area contributed by atoms with E-state index in [-0.39, 0.29) is 6.10 Å². The molecule has 0 N–H and O–H groups in total. The summed E-state index contributed by atoms with van der Waals surface area (Å²) in [5.74, 6) is 0. The van der Waals surface area contributed by atoms with E-state index in [9.17, 15) is 0 Å². The summed E-state index contributed by atoms with van der Waals surface area (Å²) in [6.45, 7) is 6.05. The fourth-order valence-corrected chi connectivity index (χ4v) is 1.75. The highest BCUT2D eigenvalue weighted by Gasteiger charge is 2.08. The van der Waals surface area contributed by atoms with Gasteiger partial charge in [-0.25, -0.2) is 4.98 Å². The summed E-state index contributed by atoms with van der Waals surface area (Å²) in [4.78, 5) is 8.22. The molecule has 0 fully saturated rings. The quantitative estimate of drug-likeness (QED) is 0.693. The van der Waals surface area contributed by atoms with E-state index < -0.39 is 0 Å². The van der Waals surface area contributed by atoms with Gasteiger partial charge in [0.05, 0.1) is 6.10 Å². The van der Waals surface area contributed by atoms with Crippen LogP contribution in [0.2, 0.25) is 0 Å². The third-order valence-corrected chi connectivity index (χ3v) is 2.72. The molecule has 0 radical (unpaired) electrons. The van der Waals surface area contributed by atoms with Crippen LogP contribution in [-0.2, 0) is 0 Å². The summed E-state index contributed by atoms with van der Waals surface area (Å²) in [6, 6.07) is 3.98. The lowest BCUT2D eigenvalue weighted by Gasteiger charge is -2.13. The van der Waals surface area contributed by atoms with Gasteiger partial charge < -0.3 is 4.74 Å². The van der Waals surface area contributed by atoms with Crippen molar-refractivity contribution in [1.29, 1.82) is 5.26 Å². The molecule has 1 unspecified atom stereocenters. The van der Waals surface area contributed by atoms with Crippen molar-refractivity contribution in [1.82, 2.24) is 9.97 Å². The number of ether oxygens (including phenoxy) is 1. The highest BCUT2D eigenvalue weighted by molar-refractivity contribution is 5.23. The Morgan fingerprint density at radius 3 is 2.78 bits per heavy atom. The number of nitriles is 1. The van der Waals surface area contributed by atoms with Crippen LogP contribution in [0.25, 0.3) is 0 Å². The minimum atomic E-state index is 0.0928. The van der Waals surface area contributed by atoms with Crippen LogP contribution in [0.1, 0.15) is 57.3 Å². The molecule has 0 amide bonds. The normalized spacial score (nSPS) is 11.9. The Morgan fingerprint density at radius 1 is 1.33 bits per heavy atom. The Morgan fingerprint density at radius 2 is 2.11 bits per heavy atom. The number of nitrogens with zero attached hydrogens (tertiary/aromatic N) is 3. The molecule has 0 saturated carbocycles. The summed E-state index contributed by atoms with van der Waals surface area (Å²) >= 11 is 0. The first-order valence-electron chi connectivity index (χ1n) is 6.58. The lowest BCUT2D eigenvalue weighted by atomic mass is 10.1. The van der Waals surface area contributed by atoms with Crippen molar-refractivity contribution in [3.63, 3.8) is 0 Å². The molecule has 0 spiro atoms. The Labute approximate surface area is 109 Å². The third-order valence-electron chi connectivity index (χ3n) is 2.72. The highest BCUT2D eigenvalue weighted by Crippen LogP contribution is 2.12. The monoisotopic (exact) mass is 247 g/mol. The van der Waals surface area contributed by atoms with Gasteiger partial charge in [0.1, 0.15) is 11.8 Å². The summed E-state index contributed by atoms with van der Waals surface area (Å²) < 4.78 is 5.64. The van der Waals surface area contributed by atoms with Gasteiger partial charge in [0, 0.05) is 5.69 Å². The molecular weight excluding hydrogens is 226 g/mol. The zero-order valence-electron chi connectivity index (χ0n) is 11.4. The SMILES string of the molecule is CCCCCCC(C)Oc1nc(C)cc(C#N)n1. The van der Waals surface area contributed by atoms with Gasteiger partial charge in [-0.3, -0.25) is 0 Å². The van der Waals surface area contributed by atoms with Crippen molar-refractivity contribution >= 4 is 0 Å². The molecule has 0 saturated heterocycles. The standard InChI is InChI=1S/C14H21N3O/c1-4-5-6-7-8-12(3)18-14-16-11(2)9-13(10-15)17-14/h9,12H,4-8H2,1-3H3. The Balaban J connectivity index is 2.46. The number of rotatable bonds is 7. The third kappa shape index (κ3) is 5.13. The maximum Gasteiger partial charge on any atom is 0.318 e. The number of aromatic nitrogens is 2. The molecule has 4 heteroatoms. The van der Waals surface area contributed by atoms with Crippen molar-refractivity contribution in [3.05, 3.63) is 17.5 Å². The topological polar surface area (TPSA) is 58.8 Å². The predicted octanol–water partition coefficient (Wildman–Crippen LogP) is 3.39. The van der Waals surface area contributed by atoms with Crippen LogP contribution in [-0.4, -0.2) is 16.1 Å². The second kappa shape index (κ2) is 7.65. The largest absolute Gasteiger partial charge is 0.460 e. The molecule has 0 bridgehead atoms. The van der Waals surface area contributed by atoms with Crippen LogP contribution in [0.3, 0.4) is 0 Å². The zero-order chi connectivity index (χ0) is 13.4. The van der Waals surface area contributed by atoms with Gasteiger partial charge in [0.2, 0.25) is 0 Å². The van der Waals surface area contributed by atoms with Crippen LogP contribution in [0.4, 0.5) is 0 Å². The Bertz CT molecular complexity index is 412. The average Bonchev–Trinajstić information content (AvgIpc) is 2.34. The first-order valence-corrected chi connectivity index (χ1v) is 6.58. The van der Waals surface area contributed by atoms with Gasteiger partial charge in [0.25, 0.3) is 0 Å². The number of unbranched alkanes of at least 4 members (excludes halogenated alkanes) is 3. The number of hydrogen-bond acceptors (Lipinski definition) is 4. The van der Waals surface area contributed by atoms with E-state index >= 15 is 0 Å². The zero-order valence-corrected chi connectivity index (χ0v) is 11.4. The molecule has 0 aliphatic rings. The fraction of sp³-hybridized carbons (Fsp3) is 0.643. The van der Waals surface area contributed by atoms with Crippen LogP contribution in [0.5, 0.6) is 6.01 Å². The van der Waals surface area contributed by atoms with Gasteiger partial charge in [-0.2, -0.15) is 10.2 Å². The Hall–Kier alpha value is -1.63. The van der Waals surface area contributed by atoms with Crippen molar-refractivity contribution in [2.45, 2.75) is 59.0 Å². The van der Waals surface area contributed by atoms with Crippen molar-refractivity contribution < 1.29 is 4.74 Å². The first-order chi connectivity index (χ1) is 8.65. The molecule has 98 valence electrons. The van der Waals surface area contributed by atoms with Crippen molar-refractivity contribution in [3.8, 4) is 12.1 Å². The number of aryl methyl sites for hydroxylation is 1. The lowest BCUT2D eigenvalue weighted by Crippen LogP contribution is -2.14. The molecule has 1 atom stereocenters. The van der Waals surface area contributed by atoms with Gasteiger partial charge in [-0.15, -0.1) is 0 Å². The van der Waals surface area contributed by atoms with E-state index in [1.807, 2.05) is 19.9 Å². The van der Waals surface area contributed by atoms with Gasteiger partial charge >= 0.3 is 6.01 Å². The van der Waals surface area contributed by atoms with Gasteiger partial charge in [0.15, 0.2) is 0 Å². The predicted molar refractivity (Wildman–Crippen MR) is 70.3 cm³/mol.